The minimum absolute atomic E-state index is 0.104. The van der Waals surface area contributed by atoms with Gasteiger partial charge in [0, 0.05) is 12.1 Å². The Kier molecular flexibility index (Phi) is 4.32. The molecule has 1 atom stereocenters. The summed E-state index contributed by atoms with van der Waals surface area (Å²) >= 11 is 0. The number of carbonyl (C=O) groups is 2. The number of alkyl halides is 2. The number of ether oxygens (including phenoxy) is 1. The van der Waals surface area contributed by atoms with Crippen LogP contribution in [0.3, 0.4) is 0 Å². The first-order chi connectivity index (χ1) is 13.7. The Labute approximate surface area is 164 Å². The Morgan fingerprint density at radius 3 is 2.86 bits per heavy atom. The van der Waals surface area contributed by atoms with Gasteiger partial charge < -0.3 is 26.0 Å². The molecule has 4 rings (SSSR count). The lowest BCUT2D eigenvalue weighted by Gasteiger charge is -2.28. The van der Waals surface area contributed by atoms with Gasteiger partial charge in [-0.2, -0.15) is 5.10 Å². The molecule has 9 nitrogen and oxygen atoms in total. The number of rotatable bonds is 4. The van der Waals surface area contributed by atoms with Crippen LogP contribution in [0.15, 0.2) is 18.2 Å². The first-order valence-corrected chi connectivity index (χ1v) is 9.05. The third kappa shape index (κ3) is 3.32. The minimum atomic E-state index is -3.17. The summed E-state index contributed by atoms with van der Waals surface area (Å²) in [6.45, 7) is 2.57. The summed E-state index contributed by atoms with van der Waals surface area (Å²) in [6, 6.07) is 4.41. The van der Waals surface area contributed by atoms with Crippen molar-refractivity contribution in [3.63, 3.8) is 0 Å². The van der Waals surface area contributed by atoms with E-state index in [1.165, 1.54) is 21.7 Å². The summed E-state index contributed by atoms with van der Waals surface area (Å²) < 4.78 is 35.4. The zero-order valence-corrected chi connectivity index (χ0v) is 15.8. The van der Waals surface area contributed by atoms with Crippen molar-refractivity contribution in [3.8, 4) is 5.75 Å². The molecule has 29 heavy (non-hydrogen) atoms. The van der Waals surface area contributed by atoms with E-state index in [0.717, 1.165) is 0 Å². The molecule has 1 aromatic carbocycles. The summed E-state index contributed by atoms with van der Waals surface area (Å²) in [5, 5.41) is 9.91. The average Bonchev–Trinajstić information content (AvgIpc) is 3.15. The number of aryl methyl sites for hydroxylation is 2. The molecule has 2 amide bonds. The summed E-state index contributed by atoms with van der Waals surface area (Å²) in [5.41, 5.74) is 7.16. The van der Waals surface area contributed by atoms with Gasteiger partial charge in [-0.05, 0) is 32.0 Å². The fourth-order valence-corrected chi connectivity index (χ4v) is 3.55. The van der Waals surface area contributed by atoms with Gasteiger partial charge in [0.25, 0.3) is 11.8 Å². The van der Waals surface area contributed by atoms with Crippen LogP contribution in [0, 0.1) is 6.92 Å². The van der Waals surface area contributed by atoms with Gasteiger partial charge in [0.15, 0.2) is 12.9 Å². The molecule has 2 aliphatic heterocycles. The number of halogens is 2. The Hall–Kier alpha value is -3.37. The van der Waals surface area contributed by atoms with Crippen molar-refractivity contribution in [1.82, 2.24) is 15.1 Å². The SMILES string of the molecule is CCn1nc(C)cc1C(=O)NC1Nc2cc(C(N)=O)cc3c2N1CC(F)(F)CO3. The number of nitrogens with one attached hydrogen (secondary N) is 2. The third-order valence-electron chi connectivity index (χ3n) is 4.79. The van der Waals surface area contributed by atoms with E-state index in [1.54, 1.807) is 13.0 Å². The zero-order valence-electron chi connectivity index (χ0n) is 15.8. The molecule has 4 N–H and O–H groups in total. The monoisotopic (exact) mass is 406 g/mol. The molecular weight excluding hydrogens is 386 g/mol. The molecule has 2 aromatic rings. The van der Waals surface area contributed by atoms with Gasteiger partial charge in [0.2, 0.25) is 5.91 Å². The predicted octanol–water partition coefficient (Wildman–Crippen LogP) is 1.28. The molecule has 0 spiro atoms. The molecule has 1 aromatic heterocycles. The Balaban J connectivity index is 1.69. The summed E-state index contributed by atoms with van der Waals surface area (Å²) in [7, 11) is 0. The van der Waals surface area contributed by atoms with E-state index in [2.05, 4.69) is 15.7 Å². The van der Waals surface area contributed by atoms with E-state index < -0.39 is 37.2 Å². The number of nitrogens with zero attached hydrogens (tertiary/aromatic N) is 3. The van der Waals surface area contributed by atoms with Gasteiger partial charge in [-0.3, -0.25) is 14.3 Å². The molecule has 2 aliphatic rings. The maximum atomic E-state index is 14.3. The second-order valence-corrected chi connectivity index (χ2v) is 7.01. The molecule has 0 fully saturated rings. The average molecular weight is 406 g/mol. The number of hydrogen-bond acceptors (Lipinski definition) is 6. The Bertz CT molecular complexity index is 1010. The van der Waals surface area contributed by atoms with Gasteiger partial charge in [-0.15, -0.1) is 0 Å². The number of amides is 2. The summed E-state index contributed by atoms with van der Waals surface area (Å²) in [4.78, 5) is 25.7. The predicted molar refractivity (Wildman–Crippen MR) is 100 cm³/mol. The van der Waals surface area contributed by atoms with E-state index in [1.807, 2.05) is 6.92 Å². The molecule has 154 valence electrons. The van der Waals surface area contributed by atoms with E-state index in [-0.39, 0.29) is 11.3 Å². The third-order valence-corrected chi connectivity index (χ3v) is 4.79. The van der Waals surface area contributed by atoms with Crippen molar-refractivity contribution in [2.24, 2.45) is 5.73 Å². The van der Waals surface area contributed by atoms with Crippen molar-refractivity contribution < 1.29 is 23.1 Å². The number of primary amides is 1. The number of benzene rings is 1. The second-order valence-electron chi connectivity index (χ2n) is 7.01. The minimum Gasteiger partial charge on any atom is -0.485 e. The first kappa shape index (κ1) is 19.0. The number of hydrogen-bond donors (Lipinski definition) is 3. The smallest absolute Gasteiger partial charge is 0.298 e. The van der Waals surface area contributed by atoms with E-state index in [4.69, 9.17) is 10.5 Å². The van der Waals surface area contributed by atoms with Crippen LogP contribution in [0.2, 0.25) is 0 Å². The fraction of sp³-hybridized carbons (Fsp3) is 0.389. The van der Waals surface area contributed by atoms with Gasteiger partial charge in [-0.1, -0.05) is 0 Å². The fourth-order valence-electron chi connectivity index (χ4n) is 3.55. The van der Waals surface area contributed by atoms with Crippen LogP contribution >= 0.6 is 0 Å². The molecule has 11 heteroatoms. The lowest BCUT2D eigenvalue weighted by molar-refractivity contribution is -0.0300. The number of anilines is 2. The van der Waals surface area contributed by atoms with Crippen LogP contribution in [0.5, 0.6) is 5.75 Å². The number of carbonyl (C=O) groups excluding carboxylic acids is 2. The van der Waals surface area contributed by atoms with E-state index in [9.17, 15) is 18.4 Å². The van der Waals surface area contributed by atoms with Gasteiger partial charge in [-0.25, -0.2) is 8.78 Å². The van der Waals surface area contributed by atoms with Crippen LogP contribution in [0.25, 0.3) is 0 Å². The Morgan fingerprint density at radius 1 is 1.41 bits per heavy atom. The quantitative estimate of drug-likeness (QED) is 0.705. The standard InChI is InChI=1S/C18H20F2N6O3/c1-3-26-12(4-9(2)24-26)16(28)23-17-22-11-5-10(15(21)27)6-13-14(11)25(17)7-18(19,20)8-29-13/h4-6,17,22H,3,7-8H2,1-2H3,(H2,21,27)(H,23,28). The normalized spacial score (nSPS) is 19.0. The van der Waals surface area contributed by atoms with Crippen molar-refractivity contribution in [1.29, 1.82) is 0 Å². The lowest BCUT2D eigenvalue weighted by Crippen LogP contribution is -2.53. The molecular formula is C18H20F2N6O3. The van der Waals surface area contributed by atoms with Crippen LogP contribution in [0.4, 0.5) is 20.2 Å². The maximum Gasteiger partial charge on any atom is 0.298 e. The highest BCUT2D eigenvalue weighted by atomic mass is 19.3. The van der Waals surface area contributed by atoms with Crippen molar-refractivity contribution in [2.75, 3.05) is 23.4 Å². The van der Waals surface area contributed by atoms with Crippen LogP contribution in [-0.2, 0) is 6.54 Å². The number of nitrogens with two attached hydrogens (primary N) is 1. The summed E-state index contributed by atoms with van der Waals surface area (Å²) in [5.74, 6) is -4.25. The lowest BCUT2D eigenvalue weighted by atomic mass is 10.1. The molecule has 0 saturated heterocycles. The highest BCUT2D eigenvalue weighted by Gasteiger charge is 2.44. The zero-order chi connectivity index (χ0) is 20.9. The molecule has 0 aliphatic carbocycles. The highest BCUT2D eigenvalue weighted by Crippen LogP contribution is 2.46. The van der Waals surface area contributed by atoms with Crippen molar-refractivity contribution >= 4 is 23.2 Å². The van der Waals surface area contributed by atoms with Crippen LogP contribution < -0.4 is 26.0 Å². The van der Waals surface area contributed by atoms with Gasteiger partial charge in [0.1, 0.15) is 17.1 Å². The van der Waals surface area contributed by atoms with E-state index in [0.29, 0.717) is 29.3 Å². The second kappa shape index (κ2) is 6.61. The van der Waals surface area contributed by atoms with Crippen LogP contribution in [0.1, 0.15) is 33.5 Å². The highest BCUT2D eigenvalue weighted by molar-refractivity contribution is 5.98. The molecule has 0 saturated carbocycles. The largest absolute Gasteiger partial charge is 0.485 e. The van der Waals surface area contributed by atoms with E-state index >= 15 is 0 Å². The van der Waals surface area contributed by atoms with Gasteiger partial charge in [0.05, 0.1) is 17.9 Å². The van der Waals surface area contributed by atoms with Crippen molar-refractivity contribution in [3.05, 3.63) is 35.2 Å². The maximum absolute atomic E-state index is 14.3. The molecule has 3 heterocycles. The number of aromatic nitrogens is 2. The summed E-state index contributed by atoms with van der Waals surface area (Å²) in [6.07, 6.45) is -0.965. The topological polar surface area (TPSA) is 115 Å². The van der Waals surface area contributed by atoms with Crippen molar-refractivity contribution in [2.45, 2.75) is 32.6 Å². The van der Waals surface area contributed by atoms with Gasteiger partial charge >= 0.3 is 0 Å². The molecule has 0 bridgehead atoms. The first-order valence-electron chi connectivity index (χ1n) is 9.05. The Morgan fingerprint density at radius 2 is 2.17 bits per heavy atom. The molecule has 1 unspecified atom stereocenters. The van der Waals surface area contributed by atoms with Crippen LogP contribution in [-0.4, -0.2) is 47.0 Å². The molecule has 0 radical (unpaired) electrons.